The van der Waals surface area contributed by atoms with E-state index in [4.69, 9.17) is 4.52 Å². The second kappa shape index (κ2) is 6.08. The summed E-state index contributed by atoms with van der Waals surface area (Å²) in [5.41, 5.74) is 2.60. The Morgan fingerprint density at radius 3 is 2.80 bits per heavy atom. The van der Waals surface area contributed by atoms with E-state index in [1.807, 2.05) is 26.2 Å². The molecule has 5 heteroatoms. The van der Waals surface area contributed by atoms with E-state index < -0.39 is 0 Å². The molecule has 1 atom stereocenters. The molecule has 4 rings (SSSR count). The third-order valence-corrected chi connectivity index (χ3v) is 4.85. The highest BCUT2D eigenvalue weighted by molar-refractivity contribution is 6.11. The second-order valence-electron chi connectivity index (χ2n) is 7.07. The molecule has 2 aromatic carbocycles. The predicted octanol–water partition coefficient (Wildman–Crippen LogP) is 3.45. The molecular weight excluding hydrogens is 316 g/mol. The molecule has 0 unspecified atom stereocenters. The van der Waals surface area contributed by atoms with E-state index in [1.165, 1.54) is 5.56 Å². The number of rotatable bonds is 3. The average Bonchev–Trinajstić information content (AvgIpc) is 2.98. The van der Waals surface area contributed by atoms with Crippen LogP contribution in [0.3, 0.4) is 0 Å². The molecule has 0 saturated heterocycles. The maximum atomic E-state index is 12.4. The lowest BCUT2D eigenvalue weighted by molar-refractivity contribution is -0.130. The van der Waals surface area contributed by atoms with Crippen molar-refractivity contribution in [3.8, 4) is 0 Å². The first-order valence-corrected chi connectivity index (χ1v) is 8.53. The molecule has 1 fully saturated rings. The summed E-state index contributed by atoms with van der Waals surface area (Å²) in [4.78, 5) is 26.0. The van der Waals surface area contributed by atoms with Gasteiger partial charge in [0, 0.05) is 13.0 Å². The largest absolute Gasteiger partial charge is 0.356 e. The van der Waals surface area contributed by atoms with Gasteiger partial charge in [0.05, 0.1) is 17.7 Å². The maximum Gasteiger partial charge on any atom is 0.167 e. The van der Waals surface area contributed by atoms with Gasteiger partial charge in [0.2, 0.25) is 0 Å². The summed E-state index contributed by atoms with van der Waals surface area (Å²) >= 11 is 0. The number of ketones is 2. The molecule has 1 saturated carbocycles. The van der Waals surface area contributed by atoms with Crippen molar-refractivity contribution < 1.29 is 14.1 Å². The summed E-state index contributed by atoms with van der Waals surface area (Å²) in [6.07, 6.45) is 0.966. The number of aromatic nitrogens is 1. The first kappa shape index (κ1) is 16.0. The highest BCUT2D eigenvalue weighted by atomic mass is 16.5. The highest BCUT2D eigenvalue weighted by Crippen LogP contribution is 2.36. The van der Waals surface area contributed by atoms with Crippen LogP contribution in [-0.4, -0.2) is 35.7 Å². The van der Waals surface area contributed by atoms with Gasteiger partial charge in [-0.2, -0.15) is 0 Å². The van der Waals surface area contributed by atoms with Gasteiger partial charge in [-0.25, -0.2) is 0 Å². The van der Waals surface area contributed by atoms with Gasteiger partial charge in [-0.3, -0.25) is 9.59 Å². The van der Waals surface area contributed by atoms with Crippen LogP contribution in [0.25, 0.3) is 21.7 Å². The summed E-state index contributed by atoms with van der Waals surface area (Å²) < 4.78 is 5.48. The van der Waals surface area contributed by atoms with E-state index in [0.717, 1.165) is 22.7 Å². The van der Waals surface area contributed by atoms with Gasteiger partial charge in [-0.1, -0.05) is 23.4 Å². The third kappa shape index (κ3) is 2.85. The van der Waals surface area contributed by atoms with Gasteiger partial charge >= 0.3 is 0 Å². The fourth-order valence-electron chi connectivity index (χ4n) is 3.71. The van der Waals surface area contributed by atoms with Crippen LogP contribution in [0.2, 0.25) is 0 Å². The van der Waals surface area contributed by atoms with E-state index >= 15 is 0 Å². The van der Waals surface area contributed by atoms with Gasteiger partial charge in [0.15, 0.2) is 5.58 Å². The van der Waals surface area contributed by atoms with Crippen LogP contribution in [0.4, 0.5) is 0 Å². The molecule has 0 bridgehead atoms. The van der Waals surface area contributed by atoms with Crippen LogP contribution in [0, 0.1) is 0 Å². The van der Waals surface area contributed by atoms with E-state index in [9.17, 15) is 9.59 Å². The number of carbonyl (C=O) groups excluding carboxylic acids is 2. The molecule has 0 N–H and O–H groups in total. The summed E-state index contributed by atoms with van der Waals surface area (Å²) in [6.45, 7) is 0.869. The minimum atomic E-state index is -0.342. The first-order valence-electron chi connectivity index (χ1n) is 8.53. The first-order chi connectivity index (χ1) is 12.0. The second-order valence-corrected chi connectivity index (χ2v) is 7.07. The van der Waals surface area contributed by atoms with E-state index in [0.29, 0.717) is 24.1 Å². The number of Topliss-reactive ketones (excluding diaryl/α,β-unsaturated/α-hetero) is 2. The molecule has 3 aromatic rings. The lowest BCUT2D eigenvalue weighted by Crippen LogP contribution is -2.23. The molecule has 25 heavy (non-hydrogen) atoms. The molecule has 1 aliphatic rings. The van der Waals surface area contributed by atoms with Gasteiger partial charge in [-0.15, -0.1) is 0 Å². The monoisotopic (exact) mass is 336 g/mol. The number of benzene rings is 2. The maximum absolute atomic E-state index is 12.4. The van der Waals surface area contributed by atoms with Crippen molar-refractivity contribution in [2.24, 2.45) is 0 Å². The minimum Gasteiger partial charge on any atom is -0.356 e. The Labute approximate surface area is 145 Å². The van der Waals surface area contributed by atoms with Gasteiger partial charge in [0.1, 0.15) is 17.3 Å². The van der Waals surface area contributed by atoms with Crippen molar-refractivity contribution in [1.82, 2.24) is 10.1 Å². The van der Waals surface area contributed by atoms with E-state index in [1.54, 1.807) is 0 Å². The fourth-order valence-corrected chi connectivity index (χ4v) is 3.71. The Kier molecular flexibility index (Phi) is 3.88. The summed E-state index contributed by atoms with van der Waals surface area (Å²) in [6, 6.07) is 10.3. The molecule has 1 aromatic heterocycles. The topological polar surface area (TPSA) is 63.4 Å². The Morgan fingerprint density at radius 1 is 1.20 bits per heavy atom. The molecule has 0 amide bonds. The van der Waals surface area contributed by atoms with Crippen molar-refractivity contribution in [2.75, 3.05) is 14.1 Å². The Bertz CT molecular complexity index is 987. The van der Waals surface area contributed by atoms with E-state index in [2.05, 4.69) is 28.3 Å². The van der Waals surface area contributed by atoms with Crippen LogP contribution in [0.1, 0.15) is 36.4 Å². The van der Waals surface area contributed by atoms with Crippen LogP contribution in [-0.2, 0) is 16.1 Å². The quantitative estimate of drug-likeness (QED) is 0.686. The zero-order valence-electron chi connectivity index (χ0n) is 14.4. The van der Waals surface area contributed by atoms with Crippen LogP contribution in [0.5, 0.6) is 0 Å². The number of fused-ring (bicyclic) bond motifs is 3. The molecule has 0 aliphatic heterocycles. The summed E-state index contributed by atoms with van der Waals surface area (Å²) in [5, 5.41) is 7.25. The Balaban J connectivity index is 1.84. The van der Waals surface area contributed by atoms with Crippen molar-refractivity contribution in [3.63, 3.8) is 0 Å². The molecule has 128 valence electrons. The van der Waals surface area contributed by atoms with Crippen molar-refractivity contribution >= 4 is 33.3 Å². The predicted molar refractivity (Wildman–Crippen MR) is 95.5 cm³/mol. The molecule has 5 nitrogen and oxygen atoms in total. The molecule has 0 spiro atoms. The van der Waals surface area contributed by atoms with Gasteiger partial charge in [-0.05, 0) is 49.0 Å². The van der Waals surface area contributed by atoms with Gasteiger partial charge < -0.3 is 9.42 Å². The molecular formula is C20H20N2O3. The van der Waals surface area contributed by atoms with E-state index in [-0.39, 0.29) is 23.9 Å². The van der Waals surface area contributed by atoms with Crippen molar-refractivity contribution in [3.05, 3.63) is 41.6 Å². The van der Waals surface area contributed by atoms with Crippen molar-refractivity contribution in [1.29, 1.82) is 0 Å². The lowest BCUT2D eigenvalue weighted by atomic mass is 9.83. The highest BCUT2D eigenvalue weighted by Gasteiger charge is 2.32. The minimum absolute atomic E-state index is 0.0107. The van der Waals surface area contributed by atoms with Gasteiger partial charge in [0.25, 0.3) is 0 Å². The van der Waals surface area contributed by atoms with Crippen LogP contribution in [0.15, 0.2) is 34.9 Å². The smallest absolute Gasteiger partial charge is 0.167 e. The van der Waals surface area contributed by atoms with Crippen molar-refractivity contribution in [2.45, 2.75) is 31.7 Å². The summed E-state index contributed by atoms with van der Waals surface area (Å²) in [7, 11) is 4.09. The molecule has 0 radical (unpaired) electrons. The third-order valence-electron chi connectivity index (χ3n) is 4.85. The molecule has 1 aliphatic carbocycles. The number of nitrogens with zero attached hydrogens (tertiary/aromatic N) is 2. The SMILES string of the molecule is CN(C)Cc1ccc2c(ccc3onc([C@@H]4CCC(=O)CC4=O)c32)c1. The zero-order valence-corrected chi connectivity index (χ0v) is 14.4. The number of hydrogen-bond acceptors (Lipinski definition) is 5. The summed E-state index contributed by atoms with van der Waals surface area (Å²) in [5.74, 6) is -0.370. The normalized spacial score (nSPS) is 18.6. The number of carbonyl (C=O) groups is 2. The van der Waals surface area contributed by atoms with Crippen LogP contribution < -0.4 is 0 Å². The Morgan fingerprint density at radius 2 is 2.04 bits per heavy atom. The zero-order chi connectivity index (χ0) is 17.6. The average molecular weight is 336 g/mol. The fraction of sp³-hybridized carbons (Fsp3) is 0.350. The van der Waals surface area contributed by atoms with Crippen LogP contribution >= 0.6 is 0 Å². The number of hydrogen-bond donors (Lipinski definition) is 0. The lowest BCUT2D eigenvalue weighted by Gasteiger charge is -2.18. The Hall–Kier alpha value is -2.53. The molecule has 1 heterocycles. The standard InChI is InChI=1S/C20H20N2O3/c1-22(2)11-12-3-6-15-13(9-12)4-8-18-19(15)20(21-25-18)16-7-5-14(23)10-17(16)24/h3-4,6,8-9,16H,5,7,10-11H2,1-2H3/t16-/m1/s1.